The summed E-state index contributed by atoms with van der Waals surface area (Å²) in [6.45, 7) is 5.77. The molecule has 0 aromatic heterocycles. The van der Waals surface area contributed by atoms with Gasteiger partial charge in [0.2, 0.25) is 0 Å². The van der Waals surface area contributed by atoms with Gasteiger partial charge in [0.1, 0.15) is 0 Å². The molecule has 2 atom stereocenters. The SMILES string of the molecule is CCOc1c(F)cc([C@@H](N)[C@@H](O)C(C)C)cc1Cl.Cl. The molecule has 0 aliphatic heterocycles. The van der Waals surface area contributed by atoms with Gasteiger partial charge in [-0.2, -0.15) is 0 Å². The van der Waals surface area contributed by atoms with E-state index >= 15 is 0 Å². The van der Waals surface area contributed by atoms with E-state index in [9.17, 15) is 9.50 Å². The summed E-state index contributed by atoms with van der Waals surface area (Å²) in [5, 5.41) is 10.0. The van der Waals surface area contributed by atoms with Crippen LogP contribution in [0.5, 0.6) is 5.75 Å². The van der Waals surface area contributed by atoms with Crippen molar-refractivity contribution in [2.24, 2.45) is 11.7 Å². The Bertz CT molecular complexity index is 393. The van der Waals surface area contributed by atoms with Gasteiger partial charge in [0.15, 0.2) is 11.6 Å². The number of benzene rings is 1. The van der Waals surface area contributed by atoms with Gasteiger partial charge in [-0.25, -0.2) is 4.39 Å². The van der Waals surface area contributed by atoms with Gasteiger partial charge in [0, 0.05) is 0 Å². The van der Waals surface area contributed by atoms with Crippen molar-refractivity contribution in [2.45, 2.75) is 32.9 Å². The van der Waals surface area contributed by atoms with Crippen LogP contribution in [0.3, 0.4) is 0 Å². The van der Waals surface area contributed by atoms with E-state index in [-0.39, 0.29) is 29.1 Å². The second kappa shape index (κ2) is 7.90. The maximum Gasteiger partial charge on any atom is 0.173 e. The number of halogens is 3. The Morgan fingerprint density at radius 1 is 1.42 bits per heavy atom. The molecule has 0 saturated carbocycles. The number of aliphatic hydroxyl groups is 1. The summed E-state index contributed by atoms with van der Waals surface area (Å²) in [6.07, 6.45) is -0.751. The van der Waals surface area contributed by atoms with Crippen LogP contribution in [0.4, 0.5) is 4.39 Å². The zero-order valence-electron chi connectivity index (χ0n) is 11.2. The lowest BCUT2D eigenvalue weighted by atomic mass is 9.94. The molecule has 0 fully saturated rings. The lowest BCUT2D eigenvalue weighted by molar-refractivity contribution is 0.0978. The average Bonchev–Trinajstić information content (AvgIpc) is 2.31. The Labute approximate surface area is 124 Å². The number of hydrogen-bond donors (Lipinski definition) is 2. The quantitative estimate of drug-likeness (QED) is 0.877. The minimum Gasteiger partial charge on any atom is -0.489 e. The molecule has 0 bridgehead atoms. The summed E-state index contributed by atoms with van der Waals surface area (Å²) in [4.78, 5) is 0. The lowest BCUT2D eigenvalue weighted by Gasteiger charge is -2.23. The fourth-order valence-corrected chi connectivity index (χ4v) is 1.94. The Morgan fingerprint density at radius 3 is 2.42 bits per heavy atom. The monoisotopic (exact) mass is 311 g/mol. The fourth-order valence-electron chi connectivity index (χ4n) is 1.67. The van der Waals surface area contributed by atoms with E-state index < -0.39 is 18.0 Å². The molecular weight excluding hydrogens is 292 g/mol. The minimum atomic E-state index is -0.751. The molecule has 0 heterocycles. The first-order valence-electron chi connectivity index (χ1n) is 5.93. The third-order valence-electron chi connectivity index (χ3n) is 2.75. The first-order chi connectivity index (χ1) is 8.38. The summed E-state index contributed by atoms with van der Waals surface area (Å²) in [5.41, 5.74) is 6.35. The molecule has 0 amide bonds. The first-order valence-corrected chi connectivity index (χ1v) is 6.31. The number of rotatable bonds is 5. The molecule has 0 spiro atoms. The Hall–Kier alpha value is -0.550. The largest absolute Gasteiger partial charge is 0.489 e. The zero-order valence-corrected chi connectivity index (χ0v) is 12.8. The normalized spacial score (nSPS) is 13.9. The van der Waals surface area contributed by atoms with Crippen molar-refractivity contribution < 1.29 is 14.2 Å². The van der Waals surface area contributed by atoms with Crippen molar-refractivity contribution in [1.82, 2.24) is 0 Å². The highest BCUT2D eigenvalue weighted by Crippen LogP contribution is 2.32. The van der Waals surface area contributed by atoms with E-state index in [0.717, 1.165) is 0 Å². The van der Waals surface area contributed by atoms with E-state index in [4.69, 9.17) is 22.1 Å². The van der Waals surface area contributed by atoms with Gasteiger partial charge >= 0.3 is 0 Å². The number of aliphatic hydroxyl groups excluding tert-OH is 1. The van der Waals surface area contributed by atoms with Crippen LogP contribution in [0.1, 0.15) is 32.4 Å². The van der Waals surface area contributed by atoms with Gasteiger partial charge in [0.25, 0.3) is 0 Å². The van der Waals surface area contributed by atoms with Crippen LogP contribution in [-0.4, -0.2) is 17.8 Å². The molecule has 0 aliphatic carbocycles. The van der Waals surface area contributed by atoms with E-state index in [0.29, 0.717) is 12.2 Å². The van der Waals surface area contributed by atoms with Gasteiger partial charge in [-0.15, -0.1) is 12.4 Å². The van der Waals surface area contributed by atoms with Crippen LogP contribution < -0.4 is 10.5 Å². The number of ether oxygens (including phenoxy) is 1. The average molecular weight is 312 g/mol. The fraction of sp³-hybridized carbons (Fsp3) is 0.538. The van der Waals surface area contributed by atoms with Crippen LogP contribution in [0, 0.1) is 11.7 Å². The predicted molar refractivity (Wildman–Crippen MR) is 77.6 cm³/mol. The van der Waals surface area contributed by atoms with Crippen molar-refractivity contribution in [3.05, 3.63) is 28.5 Å². The van der Waals surface area contributed by atoms with Gasteiger partial charge in [-0.3, -0.25) is 0 Å². The molecule has 110 valence electrons. The van der Waals surface area contributed by atoms with Crippen LogP contribution in [-0.2, 0) is 0 Å². The molecule has 0 unspecified atom stereocenters. The highest BCUT2D eigenvalue weighted by Gasteiger charge is 2.22. The second-order valence-corrected chi connectivity index (χ2v) is 4.91. The van der Waals surface area contributed by atoms with E-state index in [1.54, 1.807) is 6.92 Å². The van der Waals surface area contributed by atoms with Crippen LogP contribution in [0.2, 0.25) is 5.02 Å². The first kappa shape index (κ1) is 18.4. The van der Waals surface area contributed by atoms with Gasteiger partial charge < -0.3 is 15.6 Å². The van der Waals surface area contributed by atoms with Crippen molar-refractivity contribution >= 4 is 24.0 Å². The second-order valence-electron chi connectivity index (χ2n) is 4.51. The van der Waals surface area contributed by atoms with E-state index in [2.05, 4.69) is 0 Å². The molecule has 0 saturated heterocycles. The predicted octanol–water partition coefficient (Wildman–Crippen LogP) is 3.32. The summed E-state index contributed by atoms with van der Waals surface area (Å²) in [7, 11) is 0. The summed E-state index contributed by atoms with van der Waals surface area (Å²) >= 11 is 5.94. The molecule has 6 heteroatoms. The molecule has 3 N–H and O–H groups in total. The number of nitrogens with two attached hydrogens (primary N) is 1. The maximum atomic E-state index is 13.8. The summed E-state index contributed by atoms with van der Waals surface area (Å²) in [6, 6.07) is 2.12. The third-order valence-corrected chi connectivity index (χ3v) is 3.03. The molecule has 1 aromatic rings. The highest BCUT2D eigenvalue weighted by atomic mass is 35.5. The van der Waals surface area contributed by atoms with Crippen LogP contribution >= 0.6 is 24.0 Å². The van der Waals surface area contributed by atoms with Crippen molar-refractivity contribution in [3.8, 4) is 5.75 Å². The van der Waals surface area contributed by atoms with E-state index in [1.807, 2.05) is 13.8 Å². The third kappa shape index (κ3) is 4.49. The topological polar surface area (TPSA) is 55.5 Å². The van der Waals surface area contributed by atoms with Crippen LogP contribution in [0.15, 0.2) is 12.1 Å². The maximum absolute atomic E-state index is 13.8. The van der Waals surface area contributed by atoms with E-state index in [1.165, 1.54) is 12.1 Å². The Kier molecular flexibility index (Phi) is 7.67. The van der Waals surface area contributed by atoms with Crippen molar-refractivity contribution in [1.29, 1.82) is 0 Å². The summed E-state index contributed by atoms with van der Waals surface area (Å²) in [5.74, 6) is -0.562. The minimum absolute atomic E-state index is 0. The van der Waals surface area contributed by atoms with Crippen LogP contribution in [0.25, 0.3) is 0 Å². The van der Waals surface area contributed by atoms with Crippen molar-refractivity contribution in [2.75, 3.05) is 6.61 Å². The lowest BCUT2D eigenvalue weighted by Crippen LogP contribution is -2.30. The molecular formula is C13H20Cl2FNO2. The van der Waals surface area contributed by atoms with Gasteiger partial charge in [-0.05, 0) is 30.5 Å². The molecule has 3 nitrogen and oxygen atoms in total. The standard InChI is InChI=1S/C13H19ClFNO2.ClH/c1-4-18-13-9(14)5-8(6-10(13)15)11(16)12(17)7(2)3;/h5-7,11-12,17H,4,16H2,1-3H3;1H/t11-,12+;/m1./s1. The van der Waals surface area contributed by atoms with Gasteiger partial charge in [-0.1, -0.05) is 25.4 Å². The van der Waals surface area contributed by atoms with Crippen molar-refractivity contribution in [3.63, 3.8) is 0 Å². The smallest absolute Gasteiger partial charge is 0.173 e. The number of hydrogen-bond acceptors (Lipinski definition) is 3. The zero-order chi connectivity index (χ0) is 13.9. The Morgan fingerprint density at radius 2 is 2.00 bits per heavy atom. The summed E-state index contributed by atoms with van der Waals surface area (Å²) < 4.78 is 18.9. The Balaban J connectivity index is 0.00000324. The molecule has 19 heavy (non-hydrogen) atoms. The molecule has 1 rings (SSSR count). The molecule has 0 radical (unpaired) electrons. The highest BCUT2D eigenvalue weighted by molar-refractivity contribution is 6.32. The van der Waals surface area contributed by atoms with Gasteiger partial charge in [0.05, 0.1) is 23.8 Å². The molecule has 0 aliphatic rings. The molecule has 1 aromatic carbocycles.